The molecule has 0 aliphatic heterocycles. The second-order valence-corrected chi connectivity index (χ2v) is 4.70. The topological polar surface area (TPSA) is 32.3 Å². The van der Waals surface area contributed by atoms with Crippen LogP contribution in [0.25, 0.3) is 0 Å². The van der Waals surface area contributed by atoms with Gasteiger partial charge in [0.2, 0.25) is 0 Å². The first-order valence-corrected chi connectivity index (χ1v) is 6.49. The van der Waals surface area contributed by atoms with Crippen LogP contribution in [0.2, 0.25) is 5.02 Å². The molecule has 0 heterocycles. The molecule has 2 N–H and O–H groups in total. The molecular formula is C15H15ClFNO. The molecule has 0 spiro atoms. The van der Waals surface area contributed by atoms with E-state index in [-0.39, 0.29) is 17.6 Å². The highest BCUT2D eigenvalue weighted by atomic mass is 35.5. The molecule has 0 fully saturated rings. The van der Waals surface area contributed by atoms with Gasteiger partial charge >= 0.3 is 0 Å². The first-order valence-electron chi connectivity index (χ1n) is 6.11. The van der Waals surface area contributed by atoms with Gasteiger partial charge in [-0.15, -0.1) is 0 Å². The maximum absolute atomic E-state index is 13.0. The van der Waals surface area contributed by atoms with Crippen molar-refractivity contribution in [2.24, 2.45) is 0 Å². The Morgan fingerprint density at radius 3 is 2.63 bits per heavy atom. The summed E-state index contributed by atoms with van der Waals surface area (Å²) < 4.78 is 13.0. The predicted molar refractivity (Wildman–Crippen MR) is 76.2 cm³/mol. The molecule has 0 aliphatic carbocycles. The molecule has 0 amide bonds. The van der Waals surface area contributed by atoms with Gasteiger partial charge in [0.05, 0.1) is 16.8 Å². The Labute approximate surface area is 116 Å². The van der Waals surface area contributed by atoms with E-state index in [1.54, 1.807) is 18.2 Å². The Morgan fingerprint density at radius 2 is 2.00 bits per heavy atom. The van der Waals surface area contributed by atoms with Crippen LogP contribution in [0.15, 0.2) is 42.5 Å². The van der Waals surface area contributed by atoms with Crippen molar-refractivity contribution >= 4 is 17.3 Å². The molecule has 0 saturated carbocycles. The smallest absolute Gasteiger partial charge is 0.124 e. The molecule has 2 nitrogen and oxygen atoms in total. The minimum absolute atomic E-state index is 0.0795. The van der Waals surface area contributed by atoms with Crippen LogP contribution in [-0.4, -0.2) is 5.11 Å². The molecule has 0 radical (unpaired) electrons. The van der Waals surface area contributed by atoms with Crippen molar-refractivity contribution in [1.29, 1.82) is 0 Å². The number of para-hydroxylation sites is 1. The molecule has 4 heteroatoms. The lowest BCUT2D eigenvalue weighted by atomic mass is 10.0. The van der Waals surface area contributed by atoms with Gasteiger partial charge in [-0.2, -0.15) is 0 Å². The normalized spacial score (nSPS) is 12.2. The largest absolute Gasteiger partial charge is 0.508 e. The van der Waals surface area contributed by atoms with E-state index in [2.05, 4.69) is 5.32 Å². The maximum Gasteiger partial charge on any atom is 0.124 e. The van der Waals surface area contributed by atoms with Crippen molar-refractivity contribution in [2.45, 2.75) is 19.4 Å². The summed E-state index contributed by atoms with van der Waals surface area (Å²) in [7, 11) is 0. The number of aromatic hydroxyl groups is 1. The number of anilines is 1. The first-order chi connectivity index (χ1) is 9.11. The standard InChI is InChI=1S/C15H15ClFNO/c1-2-13(11-5-3-4-6-15(11)19)18-14-8-7-10(17)9-12(14)16/h3-9,13,18-19H,2H2,1H3. The fourth-order valence-electron chi connectivity index (χ4n) is 1.98. The van der Waals surface area contributed by atoms with Gasteiger partial charge < -0.3 is 10.4 Å². The van der Waals surface area contributed by atoms with Crippen LogP contribution in [0, 0.1) is 5.82 Å². The average molecular weight is 280 g/mol. The second-order valence-electron chi connectivity index (χ2n) is 4.29. The van der Waals surface area contributed by atoms with E-state index in [1.807, 2.05) is 19.1 Å². The van der Waals surface area contributed by atoms with E-state index in [0.29, 0.717) is 10.7 Å². The van der Waals surface area contributed by atoms with Crippen molar-refractivity contribution in [3.05, 3.63) is 58.9 Å². The third kappa shape index (κ3) is 3.18. The molecule has 1 atom stereocenters. The zero-order valence-corrected chi connectivity index (χ0v) is 11.3. The number of phenolic OH excluding ortho intramolecular Hbond substituents is 1. The summed E-state index contributed by atoms with van der Waals surface area (Å²) in [5.41, 5.74) is 1.45. The monoisotopic (exact) mass is 279 g/mol. The Balaban J connectivity index is 2.27. The third-order valence-corrected chi connectivity index (χ3v) is 3.29. The number of rotatable bonds is 4. The van der Waals surface area contributed by atoms with Crippen molar-refractivity contribution in [3.63, 3.8) is 0 Å². The van der Waals surface area contributed by atoms with Crippen molar-refractivity contribution in [2.75, 3.05) is 5.32 Å². The summed E-state index contributed by atoms with van der Waals surface area (Å²) >= 11 is 5.99. The van der Waals surface area contributed by atoms with Gasteiger partial charge in [-0.3, -0.25) is 0 Å². The lowest BCUT2D eigenvalue weighted by molar-refractivity contribution is 0.463. The minimum atomic E-state index is -0.369. The Morgan fingerprint density at radius 1 is 1.26 bits per heavy atom. The van der Waals surface area contributed by atoms with Gasteiger partial charge in [0.25, 0.3) is 0 Å². The van der Waals surface area contributed by atoms with Gasteiger partial charge in [-0.05, 0) is 30.7 Å². The lowest BCUT2D eigenvalue weighted by Crippen LogP contribution is -2.10. The van der Waals surface area contributed by atoms with Gasteiger partial charge in [0.1, 0.15) is 11.6 Å². The molecule has 2 aromatic rings. The van der Waals surface area contributed by atoms with Crippen molar-refractivity contribution in [3.8, 4) is 5.75 Å². The summed E-state index contributed by atoms with van der Waals surface area (Å²) in [4.78, 5) is 0. The van der Waals surface area contributed by atoms with Crippen LogP contribution >= 0.6 is 11.6 Å². The molecule has 1 unspecified atom stereocenters. The Bertz CT molecular complexity index is 574. The summed E-state index contributed by atoms with van der Waals surface area (Å²) in [5, 5.41) is 13.4. The van der Waals surface area contributed by atoms with Crippen LogP contribution in [0.1, 0.15) is 24.9 Å². The lowest BCUT2D eigenvalue weighted by Gasteiger charge is -2.20. The number of benzene rings is 2. The number of phenols is 1. The number of hydrogen-bond donors (Lipinski definition) is 2. The van der Waals surface area contributed by atoms with Gasteiger partial charge in [0, 0.05) is 5.56 Å². The third-order valence-electron chi connectivity index (χ3n) is 2.98. The Hall–Kier alpha value is -1.74. The van der Waals surface area contributed by atoms with Crippen molar-refractivity contribution in [1.82, 2.24) is 0 Å². The molecular weight excluding hydrogens is 265 g/mol. The number of halogens is 2. The Kier molecular flexibility index (Phi) is 4.27. The zero-order chi connectivity index (χ0) is 13.8. The van der Waals surface area contributed by atoms with Crippen LogP contribution < -0.4 is 5.32 Å². The fourth-order valence-corrected chi connectivity index (χ4v) is 2.20. The van der Waals surface area contributed by atoms with E-state index in [0.717, 1.165) is 12.0 Å². The zero-order valence-electron chi connectivity index (χ0n) is 10.5. The SMILES string of the molecule is CCC(Nc1ccc(F)cc1Cl)c1ccccc1O. The van der Waals surface area contributed by atoms with Crippen LogP contribution in [0.5, 0.6) is 5.75 Å². The summed E-state index contributed by atoms with van der Waals surface area (Å²) in [5.74, 6) is -0.133. The molecule has 100 valence electrons. The van der Waals surface area contributed by atoms with Gasteiger partial charge in [-0.1, -0.05) is 36.7 Å². The highest BCUT2D eigenvalue weighted by molar-refractivity contribution is 6.33. The molecule has 2 rings (SSSR count). The van der Waals surface area contributed by atoms with E-state index < -0.39 is 0 Å². The van der Waals surface area contributed by atoms with E-state index in [1.165, 1.54) is 12.1 Å². The summed E-state index contributed by atoms with van der Waals surface area (Å²) in [6.45, 7) is 2.00. The molecule has 19 heavy (non-hydrogen) atoms. The van der Waals surface area contributed by atoms with E-state index in [9.17, 15) is 9.50 Å². The van der Waals surface area contributed by atoms with E-state index in [4.69, 9.17) is 11.6 Å². The maximum atomic E-state index is 13.0. The average Bonchev–Trinajstić information content (AvgIpc) is 2.39. The summed E-state index contributed by atoms with van der Waals surface area (Å²) in [6, 6.07) is 11.3. The van der Waals surface area contributed by atoms with Crippen LogP contribution in [0.3, 0.4) is 0 Å². The molecule has 0 aliphatic rings. The van der Waals surface area contributed by atoms with E-state index >= 15 is 0 Å². The molecule has 0 saturated heterocycles. The second kappa shape index (κ2) is 5.93. The highest BCUT2D eigenvalue weighted by Crippen LogP contribution is 2.32. The first kappa shape index (κ1) is 13.7. The number of hydrogen-bond acceptors (Lipinski definition) is 2. The quantitative estimate of drug-likeness (QED) is 0.846. The van der Waals surface area contributed by atoms with Gasteiger partial charge in [-0.25, -0.2) is 4.39 Å². The highest BCUT2D eigenvalue weighted by Gasteiger charge is 2.14. The minimum Gasteiger partial charge on any atom is -0.508 e. The van der Waals surface area contributed by atoms with Crippen molar-refractivity contribution < 1.29 is 9.50 Å². The predicted octanol–water partition coefficient (Wildman–Crippen LogP) is 4.75. The van der Waals surface area contributed by atoms with Gasteiger partial charge in [0.15, 0.2) is 0 Å². The number of nitrogens with one attached hydrogen (secondary N) is 1. The van der Waals surface area contributed by atoms with Crippen LogP contribution in [-0.2, 0) is 0 Å². The molecule has 0 bridgehead atoms. The molecule has 2 aromatic carbocycles. The summed E-state index contributed by atoms with van der Waals surface area (Å²) in [6.07, 6.45) is 0.769. The fraction of sp³-hybridized carbons (Fsp3) is 0.200. The molecule has 0 aromatic heterocycles. The van der Waals surface area contributed by atoms with Crippen LogP contribution in [0.4, 0.5) is 10.1 Å².